The fourth-order valence-electron chi connectivity index (χ4n) is 2.33. The Morgan fingerprint density at radius 3 is 3.00 bits per heavy atom. The van der Waals surface area contributed by atoms with E-state index in [0.717, 1.165) is 0 Å². The molecular weight excluding hydrogens is 305 g/mol. The fourth-order valence-corrected chi connectivity index (χ4v) is 2.33. The first-order valence-corrected chi connectivity index (χ1v) is 6.96. The minimum Gasteiger partial charge on any atom is -0.482 e. The van der Waals surface area contributed by atoms with Gasteiger partial charge >= 0.3 is 0 Å². The maximum Gasteiger partial charge on any atom is 0.254 e. The molecule has 2 aromatic rings. The number of rotatable bonds is 5. The maximum atomic E-state index is 13.5. The van der Waals surface area contributed by atoms with Crippen LogP contribution < -0.4 is 4.74 Å². The molecule has 1 fully saturated rings. The number of ether oxygens (including phenoxy) is 3. The topological polar surface area (TPSA) is 90.4 Å². The molecule has 23 heavy (non-hydrogen) atoms. The predicted molar refractivity (Wildman–Crippen MR) is 73.9 cm³/mol. The van der Waals surface area contributed by atoms with Gasteiger partial charge in [-0.05, 0) is 12.1 Å². The molecule has 1 atom stereocenters. The van der Waals surface area contributed by atoms with Gasteiger partial charge in [-0.15, -0.1) is 10.2 Å². The predicted octanol–water partition coefficient (Wildman–Crippen LogP) is 1.92. The van der Waals surface area contributed by atoms with E-state index in [4.69, 9.17) is 23.9 Å². The van der Waals surface area contributed by atoms with Crippen molar-refractivity contribution in [1.82, 2.24) is 10.2 Å². The van der Waals surface area contributed by atoms with Crippen LogP contribution in [-0.2, 0) is 21.7 Å². The summed E-state index contributed by atoms with van der Waals surface area (Å²) < 4.78 is 35.2. The van der Waals surface area contributed by atoms with Crippen molar-refractivity contribution >= 4 is 0 Å². The van der Waals surface area contributed by atoms with Crippen molar-refractivity contribution in [3.05, 3.63) is 41.4 Å². The Hall–Kier alpha value is -2.50. The average Bonchev–Trinajstić information content (AvgIpc) is 3.22. The molecule has 3 rings (SSSR count). The number of nitriles is 1. The van der Waals surface area contributed by atoms with E-state index in [1.165, 1.54) is 18.2 Å². The Bertz CT molecular complexity index is 735. The Labute approximate surface area is 131 Å². The molecule has 1 aromatic carbocycles. The first-order chi connectivity index (χ1) is 11.2. The third-order valence-corrected chi connectivity index (χ3v) is 3.67. The van der Waals surface area contributed by atoms with Crippen LogP contribution >= 0.6 is 0 Å². The summed E-state index contributed by atoms with van der Waals surface area (Å²) in [5, 5.41) is 16.8. The van der Waals surface area contributed by atoms with E-state index in [2.05, 4.69) is 10.2 Å². The standard InChI is InChI=1S/C15H14FN3O4/c1-20-15(5-6-21-9-15)14-19-18-13(23-14)8-22-12-4-2-3-11(16)10(12)7-17/h2-4H,5-6,8-9H2,1H3. The van der Waals surface area contributed by atoms with Crippen LogP contribution in [0.1, 0.15) is 23.8 Å². The Morgan fingerprint density at radius 2 is 2.30 bits per heavy atom. The highest BCUT2D eigenvalue weighted by Gasteiger charge is 2.42. The van der Waals surface area contributed by atoms with Gasteiger partial charge in [0.1, 0.15) is 23.2 Å². The minimum atomic E-state index is -0.734. The highest BCUT2D eigenvalue weighted by Crippen LogP contribution is 2.33. The monoisotopic (exact) mass is 319 g/mol. The molecule has 1 saturated heterocycles. The van der Waals surface area contributed by atoms with Crippen molar-refractivity contribution in [1.29, 1.82) is 5.26 Å². The van der Waals surface area contributed by atoms with Crippen molar-refractivity contribution in [3.63, 3.8) is 0 Å². The lowest BCUT2D eigenvalue weighted by Crippen LogP contribution is -2.29. The summed E-state index contributed by atoms with van der Waals surface area (Å²) in [6, 6.07) is 5.91. The second-order valence-electron chi connectivity index (χ2n) is 5.02. The molecule has 1 aliphatic rings. The van der Waals surface area contributed by atoms with E-state index in [1.54, 1.807) is 13.2 Å². The Balaban J connectivity index is 1.73. The van der Waals surface area contributed by atoms with E-state index in [1.807, 2.05) is 0 Å². The molecule has 1 aromatic heterocycles. The molecule has 1 unspecified atom stereocenters. The summed E-state index contributed by atoms with van der Waals surface area (Å²) in [4.78, 5) is 0. The van der Waals surface area contributed by atoms with Gasteiger partial charge in [0.25, 0.3) is 11.8 Å². The van der Waals surface area contributed by atoms with Gasteiger partial charge in [0.15, 0.2) is 12.2 Å². The molecule has 7 nitrogen and oxygen atoms in total. The van der Waals surface area contributed by atoms with Crippen molar-refractivity contribution in [2.45, 2.75) is 18.6 Å². The summed E-state index contributed by atoms with van der Waals surface area (Å²) in [6.07, 6.45) is 0.620. The van der Waals surface area contributed by atoms with Crippen LogP contribution in [0.15, 0.2) is 22.6 Å². The molecule has 0 N–H and O–H groups in total. The van der Waals surface area contributed by atoms with Crippen LogP contribution in [0.25, 0.3) is 0 Å². The quantitative estimate of drug-likeness (QED) is 0.831. The van der Waals surface area contributed by atoms with Crippen molar-refractivity contribution < 1.29 is 23.0 Å². The largest absolute Gasteiger partial charge is 0.482 e. The third kappa shape index (κ3) is 2.88. The Morgan fingerprint density at radius 1 is 1.43 bits per heavy atom. The van der Waals surface area contributed by atoms with Crippen LogP contribution in [0.4, 0.5) is 4.39 Å². The van der Waals surface area contributed by atoms with Crippen molar-refractivity contribution in [2.24, 2.45) is 0 Å². The molecule has 0 radical (unpaired) electrons. The summed E-state index contributed by atoms with van der Waals surface area (Å²) in [5.74, 6) is 0.00267. The third-order valence-electron chi connectivity index (χ3n) is 3.67. The molecule has 0 spiro atoms. The zero-order valence-corrected chi connectivity index (χ0v) is 12.4. The van der Waals surface area contributed by atoms with E-state index >= 15 is 0 Å². The highest BCUT2D eigenvalue weighted by molar-refractivity contribution is 5.43. The average molecular weight is 319 g/mol. The van der Waals surface area contributed by atoms with Gasteiger partial charge in [-0.1, -0.05) is 6.07 Å². The van der Waals surface area contributed by atoms with Gasteiger partial charge in [-0.3, -0.25) is 0 Å². The second kappa shape index (κ2) is 6.32. The van der Waals surface area contributed by atoms with E-state index in [-0.39, 0.29) is 23.8 Å². The summed E-state index contributed by atoms with van der Waals surface area (Å²) in [5.41, 5.74) is -0.896. The second-order valence-corrected chi connectivity index (χ2v) is 5.02. The molecule has 8 heteroatoms. The number of halogens is 1. The number of aromatic nitrogens is 2. The molecule has 1 aliphatic heterocycles. The van der Waals surface area contributed by atoms with Gasteiger partial charge in [-0.2, -0.15) is 5.26 Å². The van der Waals surface area contributed by atoms with Crippen LogP contribution in [0.2, 0.25) is 0 Å². The summed E-state index contributed by atoms with van der Waals surface area (Å²) >= 11 is 0. The van der Waals surface area contributed by atoms with E-state index < -0.39 is 11.4 Å². The molecule has 2 heterocycles. The van der Waals surface area contributed by atoms with Gasteiger partial charge < -0.3 is 18.6 Å². The number of hydrogen-bond donors (Lipinski definition) is 0. The number of benzene rings is 1. The molecule has 0 saturated carbocycles. The zero-order valence-electron chi connectivity index (χ0n) is 12.4. The summed E-state index contributed by atoms with van der Waals surface area (Å²) in [6.45, 7) is 0.817. The molecular formula is C15H14FN3O4. The lowest BCUT2D eigenvalue weighted by Gasteiger charge is -2.20. The van der Waals surface area contributed by atoms with E-state index in [0.29, 0.717) is 25.5 Å². The minimum absolute atomic E-state index is 0.0776. The zero-order chi connectivity index (χ0) is 16.3. The van der Waals surface area contributed by atoms with Gasteiger partial charge in [0.2, 0.25) is 0 Å². The van der Waals surface area contributed by atoms with Crippen LogP contribution in [-0.4, -0.2) is 30.5 Å². The highest BCUT2D eigenvalue weighted by atomic mass is 19.1. The normalized spacial score (nSPS) is 20.4. The lowest BCUT2D eigenvalue weighted by molar-refractivity contribution is -0.0420. The van der Waals surface area contributed by atoms with Gasteiger partial charge in [0, 0.05) is 13.5 Å². The smallest absolute Gasteiger partial charge is 0.254 e. The summed E-state index contributed by atoms with van der Waals surface area (Å²) in [7, 11) is 1.56. The number of nitrogens with zero attached hydrogens (tertiary/aromatic N) is 3. The van der Waals surface area contributed by atoms with Gasteiger partial charge in [0.05, 0.1) is 13.2 Å². The first kappa shape index (κ1) is 15.4. The number of hydrogen-bond acceptors (Lipinski definition) is 7. The van der Waals surface area contributed by atoms with Crippen LogP contribution in [0.3, 0.4) is 0 Å². The van der Waals surface area contributed by atoms with Crippen molar-refractivity contribution in [2.75, 3.05) is 20.3 Å². The molecule has 0 bridgehead atoms. The van der Waals surface area contributed by atoms with E-state index in [9.17, 15) is 4.39 Å². The SMILES string of the molecule is COC1(c2nnc(COc3cccc(F)c3C#N)o2)CCOC1. The fraction of sp³-hybridized carbons (Fsp3) is 0.400. The molecule has 0 aliphatic carbocycles. The molecule has 120 valence electrons. The maximum absolute atomic E-state index is 13.5. The lowest BCUT2D eigenvalue weighted by atomic mass is 10.0. The van der Waals surface area contributed by atoms with Crippen LogP contribution in [0.5, 0.6) is 5.75 Å². The Kier molecular flexibility index (Phi) is 4.23. The van der Waals surface area contributed by atoms with Gasteiger partial charge in [-0.25, -0.2) is 4.39 Å². The van der Waals surface area contributed by atoms with Crippen molar-refractivity contribution in [3.8, 4) is 11.8 Å². The molecule has 0 amide bonds. The van der Waals surface area contributed by atoms with Crippen LogP contribution in [0, 0.1) is 17.1 Å². The first-order valence-electron chi connectivity index (χ1n) is 6.96. The number of methoxy groups -OCH3 is 1.